The van der Waals surface area contributed by atoms with E-state index in [2.05, 4.69) is 11.9 Å². The molecule has 1 N–H and O–H groups in total. The van der Waals surface area contributed by atoms with Gasteiger partial charge in [-0.3, -0.25) is 0 Å². The summed E-state index contributed by atoms with van der Waals surface area (Å²) in [5, 5.41) is 3.04. The summed E-state index contributed by atoms with van der Waals surface area (Å²) in [6.07, 6.45) is 1.74. The van der Waals surface area contributed by atoms with E-state index in [-0.39, 0.29) is 11.7 Å². The van der Waals surface area contributed by atoms with Gasteiger partial charge in [0.15, 0.2) is 0 Å². The van der Waals surface area contributed by atoms with Crippen molar-refractivity contribution in [1.82, 2.24) is 0 Å². The fourth-order valence-corrected chi connectivity index (χ4v) is 1.30. The molecule has 76 valence electrons. The summed E-state index contributed by atoms with van der Waals surface area (Å²) in [6, 6.07) is 5.24. The second-order valence-electron chi connectivity index (χ2n) is 3.56. The molecule has 0 bridgehead atoms. The van der Waals surface area contributed by atoms with Crippen molar-refractivity contribution in [1.29, 1.82) is 0 Å². The zero-order valence-corrected chi connectivity index (χ0v) is 8.68. The highest BCUT2D eigenvalue weighted by atomic mass is 19.1. The molecule has 0 radical (unpaired) electrons. The highest BCUT2D eigenvalue weighted by Gasteiger charge is 2.06. The number of halogens is 1. The monoisotopic (exact) mass is 193 g/mol. The van der Waals surface area contributed by atoms with Crippen LogP contribution in [0.1, 0.15) is 25.3 Å². The summed E-state index contributed by atoms with van der Waals surface area (Å²) in [5.74, 6) is 0.0810. The Bertz CT molecular complexity index is 318. The normalized spacial score (nSPS) is 10.3. The Morgan fingerprint density at radius 2 is 2.21 bits per heavy atom. The first-order chi connectivity index (χ1) is 6.65. The number of anilines is 1. The summed E-state index contributed by atoms with van der Waals surface area (Å²) in [4.78, 5) is 0. The van der Waals surface area contributed by atoms with Crippen molar-refractivity contribution in [2.24, 2.45) is 0 Å². The number of hydrogen-bond acceptors (Lipinski definition) is 1. The smallest absolute Gasteiger partial charge is 0.128 e. The van der Waals surface area contributed by atoms with Crippen molar-refractivity contribution in [3.8, 4) is 0 Å². The molecule has 0 saturated carbocycles. The van der Waals surface area contributed by atoms with Crippen LogP contribution in [0.2, 0.25) is 0 Å². The third-order valence-corrected chi connectivity index (χ3v) is 2.07. The van der Waals surface area contributed by atoms with Crippen LogP contribution in [0.15, 0.2) is 30.9 Å². The summed E-state index contributed by atoms with van der Waals surface area (Å²) in [6.45, 7) is 8.20. The summed E-state index contributed by atoms with van der Waals surface area (Å²) >= 11 is 0. The summed E-state index contributed by atoms with van der Waals surface area (Å²) < 4.78 is 13.5. The molecule has 0 atom stereocenters. The predicted molar refractivity (Wildman–Crippen MR) is 59.2 cm³/mol. The van der Waals surface area contributed by atoms with Crippen molar-refractivity contribution in [2.45, 2.75) is 19.8 Å². The Morgan fingerprint density at radius 1 is 1.50 bits per heavy atom. The van der Waals surface area contributed by atoms with Crippen LogP contribution >= 0.6 is 0 Å². The molecular formula is C12H16FN. The van der Waals surface area contributed by atoms with Crippen molar-refractivity contribution >= 4 is 5.69 Å². The quantitative estimate of drug-likeness (QED) is 0.721. The van der Waals surface area contributed by atoms with E-state index >= 15 is 0 Å². The second kappa shape index (κ2) is 4.80. The molecule has 0 saturated heterocycles. The van der Waals surface area contributed by atoms with Gasteiger partial charge in [-0.2, -0.15) is 0 Å². The molecule has 2 heteroatoms. The topological polar surface area (TPSA) is 12.0 Å². The molecule has 0 aliphatic rings. The van der Waals surface area contributed by atoms with E-state index in [4.69, 9.17) is 0 Å². The van der Waals surface area contributed by atoms with Gasteiger partial charge in [0, 0.05) is 12.2 Å². The molecule has 0 heterocycles. The fraction of sp³-hybridized carbons (Fsp3) is 0.333. The Balaban J connectivity index is 2.83. The highest BCUT2D eigenvalue weighted by Crippen LogP contribution is 2.21. The van der Waals surface area contributed by atoms with Gasteiger partial charge in [-0.25, -0.2) is 4.39 Å². The molecule has 1 aromatic rings. The molecule has 0 aliphatic carbocycles. The van der Waals surface area contributed by atoms with E-state index in [0.29, 0.717) is 6.54 Å². The minimum absolute atomic E-state index is 0.144. The molecule has 1 rings (SSSR count). The first kappa shape index (κ1) is 10.8. The molecule has 0 aliphatic heterocycles. The maximum absolute atomic E-state index is 13.5. The Labute approximate surface area is 84.6 Å². The molecule has 0 spiro atoms. The van der Waals surface area contributed by atoms with Crippen LogP contribution in [0.3, 0.4) is 0 Å². The summed E-state index contributed by atoms with van der Waals surface area (Å²) in [5.41, 5.74) is 1.56. The molecule has 0 aromatic heterocycles. The summed E-state index contributed by atoms with van der Waals surface area (Å²) in [7, 11) is 0. The van der Waals surface area contributed by atoms with Gasteiger partial charge >= 0.3 is 0 Å². The van der Waals surface area contributed by atoms with Gasteiger partial charge in [-0.1, -0.05) is 26.0 Å². The van der Waals surface area contributed by atoms with Crippen LogP contribution in [0.5, 0.6) is 0 Å². The standard InChI is InChI=1S/C12H16FN/c1-4-7-14-10-5-6-11(9(2)3)12(13)8-10/h4-6,8-9,14H,1,7H2,2-3H3. The van der Waals surface area contributed by atoms with Crippen molar-refractivity contribution in [2.75, 3.05) is 11.9 Å². The van der Waals surface area contributed by atoms with Crippen molar-refractivity contribution in [3.05, 3.63) is 42.2 Å². The van der Waals surface area contributed by atoms with E-state index in [1.54, 1.807) is 6.08 Å². The highest BCUT2D eigenvalue weighted by molar-refractivity contribution is 5.46. The van der Waals surface area contributed by atoms with Gasteiger partial charge in [0.1, 0.15) is 5.82 Å². The Morgan fingerprint density at radius 3 is 2.71 bits per heavy atom. The Hall–Kier alpha value is -1.31. The zero-order chi connectivity index (χ0) is 10.6. The molecule has 0 fully saturated rings. The van der Waals surface area contributed by atoms with Gasteiger partial charge < -0.3 is 5.32 Å². The van der Waals surface area contributed by atoms with Crippen molar-refractivity contribution in [3.63, 3.8) is 0 Å². The molecule has 0 unspecified atom stereocenters. The number of nitrogens with one attached hydrogen (secondary N) is 1. The largest absolute Gasteiger partial charge is 0.382 e. The number of rotatable bonds is 4. The van der Waals surface area contributed by atoms with Crippen LogP contribution in [0.4, 0.5) is 10.1 Å². The minimum Gasteiger partial charge on any atom is -0.382 e. The lowest BCUT2D eigenvalue weighted by Crippen LogP contribution is -2.00. The minimum atomic E-state index is -0.144. The van der Waals surface area contributed by atoms with E-state index in [0.717, 1.165) is 11.3 Å². The SMILES string of the molecule is C=CCNc1ccc(C(C)C)c(F)c1. The van der Waals surface area contributed by atoms with E-state index in [1.165, 1.54) is 6.07 Å². The van der Waals surface area contributed by atoms with Gasteiger partial charge in [-0.15, -0.1) is 6.58 Å². The van der Waals surface area contributed by atoms with Crippen LogP contribution in [0.25, 0.3) is 0 Å². The maximum Gasteiger partial charge on any atom is 0.128 e. The average Bonchev–Trinajstić information content (AvgIpc) is 2.14. The molecule has 0 amide bonds. The lowest BCUT2D eigenvalue weighted by atomic mass is 10.0. The van der Waals surface area contributed by atoms with Gasteiger partial charge in [-0.05, 0) is 23.6 Å². The Kier molecular flexibility index (Phi) is 3.69. The van der Waals surface area contributed by atoms with Crippen LogP contribution in [-0.4, -0.2) is 6.54 Å². The number of hydrogen-bond donors (Lipinski definition) is 1. The van der Waals surface area contributed by atoms with Gasteiger partial charge in [0.25, 0.3) is 0 Å². The maximum atomic E-state index is 13.5. The number of benzene rings is 1. The first-order valence-electron chi connectivity index (χ1n) is 4.79. The van der Waals surface area contributed by atoms with E-state index < -0.39 is 0 Å². The zero-order valence-electron chi connectivity index (χ0n) is 8.68. The fourth-order valence-electron chi connectivity index (χ4n) is 1.30. The average molecular weight is 193 g/mol. The van der Waals surface area contributed by atoms with Crippen LogP contribution in [-0.2, 0) is 0 Å². The van der Waals surface area contributed by atoms with Crippen LogP contribution < -0.4 is 5.32 Å². The van der Waals surface area contributed by atoms with Gasteiger partial charge in [0.2, 0.25) is 0 Å². The molecule has 1 nitrogen and oxygen atoms in total. The lowest BCUT2D eigenvalue weighted by molar-refractivity contribution is 0.599. The van der Waals surface area contributed by atoms with Crippen molar-refractivity contribution < 1.29 is 4.39 Å². The first-order valence-corrected chi connectivity index (χ1v) is 4.79. The third-order valence-electron chi connectivity index (χ3n) is 2.07. The van der Waals surface area contributed by atoms with Gasteiger partial charge in [0.05, 0.1) is 0 Å². The second-order valence-corrected chi connectivity index (χ2v) is 3.56. The lowest BCUT2D eigenvalue weighted by Gasteiger charge is -2.09. The predicted octanol–water partition coefficient (Wildman–Crippen LogP) is 3.55. The molecule has 1 aromatic carbocycles. The van der Waals surface area contributed by atoms with Crippen LogP contribution in [0, 0.1) is 5.82 Å². The molecular weight excluding hydrogens is 177 g/mol. The third kappa shape index (κ3) is 2.59. The van der Waals surface area contributed by atoms with E-state index in [9.17, 15) is 4.39 Å². The molecule has 14 heavy (non-hydrogen) atoms. The van der Waals surface area contributed by atoms with E-state index in [1.807, 2.05) is 26.0 Å².